The van der Waals surface area contributed by atoms with Crippen molar-refractivity contribution in [3.05, 3.63) is 34.6 Å². The molecule has 0 fully saturated rings. The lowest BCUT2D eigenvalue weighted by atomic mass is 10.3. The van der Waals surface area contributed by atoms with Crippen molar-refractivity contribution >= 4 is 33.6 Å². The Balaban J connectivity index is 1.86. The molecule has 0 spiro atoms. The summed E-state index contributed by atoms with van der Waals surface area (Å²) in [6.07, 6.45) is 0. The fourth-order valence-corrected chi connectivity index (χ4v) is 1.95. The zero-order chi connectivity index (χ0) is 13.7. The summed E-state index contributed by atoms with van der Waals surface area (Å²) in [6.45, 7) is 0.172. The van der Waals surface area contributed by atoms with Gasteiger partial charge in [-0.1, -0.05) is 27.7 Å². The first-order valence-corrected chi connectivity index (χ1v) is 7.03. The molecule has 6 nitrogen and oxygen atoms in total. The molecule has 0 aliphatic rings. The normalized spacial score (nSPS) is 10.4. The zero-order valence-electron chi connectivity index (χ0n) is 9.71. The maximum atomic E-state index is 10.6. The summed E-state index contributed by atoms with van der Waals surface area (Å²) in [7, 11) is 0. The molecular weight excluding hydrogens is 334 g/mol. The van der Waals surface area contributed by atoms with E-state index in [1.165, 1.54) is 0 Å². The lowest BCUT2D eigenvalue weighted by molar-refractivity contribution is -0.115. The van der Waals surface area contributed by atoms with E-state index in [0.717, 1.165) is 16.2 Å². The van der Waals surface area contributed by atoms with Gasteiger partial charge in [0, 0.05) is 4.47 Å². The molecule has 1 heterocycles. The third kappa shape index (κ3) is 4.56. The fourth-order valence-electron chi connectivity index (χ4n) is 1.16. The highest BCUT2D eigenvalue weighted by Gasteiger charge is 2.08. The lowest BCUT2D eigenvalue weighted by Gasteiger charge is -2.02. The Labute approximate surface area is 121 Å². The zero-order valence-corrected chi connectivity index (χ0v) is 12.1. The summed E-state index contributed by atoms with van der Waals surface area (Å²) in [4.78, 5) is 10.6. The van der Waals surface area contributed by atoms with Crippen LogP contribution >= 0.6 is 27.7 Å². The molecule has 2 rings (SSSR count). The van der Waals surface area contributed by atoms with Crippen molar-refractivity contribution < 1.29 is 13.9 Å². The van der Waals surface area contributed by atoms with Crippen LogP contribution in [0, 0.1) is 0 Å². The van der Waals surface area contributed by atoms with Gasteiger partial charge < -0.3 is 14.9 Å². The van der Waals surface area contributed by atoms with Gasteiger partial charge in [0.25, 0.3) is 11.1 Å². The van der Waals surface area contributed by atoms with E-state index < -0.39 is 5.91 Å². The van der Waals surface area contributed by atoms with Gasteiger partial charge in [-0.05, 0) is 24.3 Å². The molecule has 1 amide bonds. The van der Waals surface area contributed by atoms with E-state index in [-0.39, 0.29) is 12.4 Å². The molecule has 1 aromatic carbocycles. The van der Waals surface area contributed by atoms with Gasteiger partial charge in [-0.25, -0.2) is 0 Å². The highest BCUT2D eigenvalue weighted by molar-refractivity contribution is 9.10. The maximum absolute atomic E-state index is 10.6. The predicted octanol–water partition coefficient (Wildman–Crippen LogP) is 1.99. The van der Waals surface area contributed by atoms with Gasteiger partial charge in [-0.3, -0.25) is 4.79 Å². The second kappa shape index (κ2) is 6.58. The number of nitrogens with zero attached hydrogens (tertiary/aromatic N) is 2. The Morgan fingerprint density at radius 2 is 2.11 bits per heavy atom. The van der Waals surface area contributed by atoms with Crippen LogP contribution in [0.15, 0.2) is 38.4 Å². The number of aromatic nitrogens is 2. The first-order chi connectivity index (χ1) is 9.13. The summed E-state index contributed by atoms with van der Waals surface area (Å²) in [6, 6.07) is 7.39. The minimum absolute atomic E-state index is 0.106. The van der Waals surface area contributed by atoms with E-state index in [0.29, 0.717) is 16.9 Å². The lowest BCUT2D eigenvalue weighted by Crippen LogP contribution is -2.12. The Morgan fingerprint density at radius 1 is 1.37 bits per heavy atom. The van der Waals surface area contributed by atoms with Crippen molar-refractivity contribution in [3.8, 4) is 5.75 Å². The van der Waals surface area contributed by atoms with E-state index in [9.17, 15) is 4.79 Å². The maximum Gasteiger partial charge on any atom is 0.277 e. The van der Waals surface area contributed by atoms with Crippen LogP contribution in [0.2, 0.25) is 0 Å². The van der Waals surface area contributed by atoms with Crippen LogP contribution in [0.3, 0.4) is 0 Å². The van der Waals surface area contributed by atoms with Gasteiger partial charge in [-0.15, -0.1) is 10.2 Å². The first kappa shape index (κ1) is 13.9. The number of benzene rings is 1. The van der Waals surface area contributed by atoms with Gasteiger partial charge in [0.05, 0.1) is 5.75 Å². The summed E-state index contributed by atoms with van der Waals surface area (Å²) in [5, 5.41) is 7.87. The molecule has 19 heavy (non-hydrogen) atoms. The first-order valence-electron chi connectivity index (χ1n) is 5.25. The van der Waals surface area contributed by atoms with Crippen molar-refractivity contribution in [2.75, 3.05) is 5.75 Å². The highest BCUT2D eigenvalue weighted by Crippen LogP contribution is 2.19. The molecule has 0 bridgehead atoms. The summed E-state index contributed by atoms with van der Waals surface area (Å²) in [5.74, 6) is 0.716. The number of carbonyl (C=O) groups is 1. The highest BCUT2D eigenvalue weighted by atomic mass is 79.9. The van der Waals surface area contributed by atoms with Crippen molar-refractivity contribution in [3.63, 3.8) is 0 Å². The monoisotopic (exact) mass is 343 g/mol. The van der Waals surface area contributed by atoms with Crippen LogP contribution in [0.5, 0.6) is 5.75 Å². The molecule has 2 N–H and O–H groups in total. The van der Waals surface area contributed by atoms with Crippen LogP contribution < -0.4 is 10.5 Å². The summed E-state index contributed by atoms with van der Waals surface area (Å²) >= 11 is 4.43. The van der Waals surface area contributed by atoms with E-state index in [2.05, 4.69) is 26.1 Å². The standard InChI is InChI=1S/C11H10BrN3O3S/c12-7-1-3-8(4-2-7)17-5-10-14-15-11(18-10)19-6-9(13)16/h1-4H,5-6H2,(H2,13,16). The number of carbonyl (C=O) groups excluding carboxylic acids is 1. The molecule has 0 unspecified atom stereocenters. The Morgan fingerprint density at radius 3 is 2.79 bits per heavy atom. The van der Waals surface area contributed by atoms with Gasteiger partial charge in [-0.2, -0.15) is 0 Å². The van der Waals surface area contributed by atoms with Crippen molar-refractivity contribution in [1.82, 2.24) is 10.2 Å². The van der Waals surface area contributed by atoms with Crippen molar-refractivity contribution in [2.24, 2.45) is 5.73 Å². The third-order valence-corrected chi connectivity index (χ3v) is 3.33. The number of nitrogens with two attached hydrogens (primary N) is 1. The van der Waals surface area contributed by atoms with E-state index in [1.54, 1.807) is 0 Å². The van der Waals surface area contributed by atoms with Crippen molar-refractivity contribution in [1.29, 1.82) is 0 Å². The molecule has 0 saturated heterocycles. The predicted molar refractivity (Wildman–Crippen MR) is 72.7 cm³/mol. The van der Waals surface area contributed by atoms with Gasteiger partial charge in [0.1, 0.15) is 5.75 Å². The average Bonchev–Trinajstić information content (AvgIpc) is 2.84. The quantitative estimate of drug-likeness (QED) is 0.806. The minimum atomic E-state index is -0.434. The topological polar surface area (TPSA) is 91.2 Å². The molecule has 0 aliphatic heterocycles. The SMILES string of the molecule is NC(=O)CSc1nnc(COc2ccc(Br)cc2)o1. The van der Waals surface area contributed by atoms with Gasteiger partial charge >= 0.3 is 0 Å². The van der Waals surface area contributed by atoms with Crippen LogP contribution in [0.25, 0.3) is 0 Å². The number of amides is 1. The largest absolute Gasteiger partial charge is 0.484 e. The minimum Gasteiger partial charge on any atom is -0.484 e. The number of ether oxygens (including phenoxy) is 1. The van der Waals surface area contributed by atoms with Gasteiger partial charge in [0.2, 0.25) is 5.91 Å². The van der Waals surface area contributed by atoms with E-state index in [1.807, 2.05) is 24.3 Å². The van der Waals surface area contributed by atoms with Crippen molar-refractivity contribution in [2.45, 2.75) is 11.8 Å². The average molecular weight is 344 g/mol. The molecule has 0 atom stereocenters. The van der Waals surface area contributed by atoms with E-state index >= 15 is 0 Å². The molecule has 2 aromatic rings. The van der Waals surface area contributed by atoms with Crippen LogP contribution in [0.1, 0.15) is 5.89 Å². The molecule has 8 heteroatoms. The Hall–Kier alpha value is -1.54. The number of hydrogen-bond donors (Lipinski definition) is 1. The van der Waals surface area contributed by atoms with Gasteiger partial charge in [0.15, 0.2) is 6.61 Å². The number of primary amides is 1. The number of halogens is 1. The van der Waals surface area contributed by atoms with E-state index in [4.69, 9.17) is 14.9 Å². The number of thioether (sulfide) groups is 1. The molecule has 0 radical (unpaired) electrons. The third-order valence-electron chi connectivity index (χ3n) is 1.96. The van der Waals surface area contributed by atoms with Crippen LogP contribution in [0.4, 0.5) is 0 Å². The smallest absolute Gasteiger partial charge is 0.277 e. The fraction of sp³-hybridized carbons (Fsp3) is 0.182. The second-order valence-corrected chi connectivity index (χ2v) is 5.30. The number of hydrogen-bond acceptors (Lipinski definition) is 6. The second-order valence-electron chi connectivity index (χ2n) is 3.46. The number of rotatable bonds is 6. The Kier molecular flexibility index (Phi) is 4.80. The Bertz CT molecular complexity index is 559. The van der Waals surface area contributed by atoms with Crippen LogP contribution in [-0.4, -0.2) is 21.9 Å². The molecule has 0 saturated carbocycles. The molecule has 100 valence electrons. The summed E-state index contributed by atoms with van der Waals surface area (Å²) < 4.78 is 11.7. The molecule has 1 aromatic heterocycles. The molecular formula is C11H10BrN3O3S. The summed E-state index contributed by atoms with van der Waals surface area (Å²) in [5.41, 5.74) is 5.02. The molecule has 0 aliphatic carbocycles. The van der Waals surface area contributed by atoms with Crippen LogP contribution in [-0.2, 0) is 11.4 Å².